The van der Waals surface area contributed by atoms with Gasteiger partial charge in [0.15, 0.2) is 0 Å². The highest BCUT2D eigenvalue weighted by molar-refractivity contribution is 6.02. The number of carboxylic acid groups (broad SMARTS) is 1. The van der Waals surface area contributed by atoms with Crippen LogP contribution >= 0.6 is 0 Å². The molecule has 1 heterocycles. The molecule has 0 aromatic rings. The molecule has 0 spiro atoms. The maximum atomic E-state index is 11.8. The molecule has 1 aliphatic heterocycles. The van der Waals surface area contributed by atoms with Gasteiger partial charge in [-0.25, -0.2) is 9.59 Å². The third kappa shape index (κ3) is 7.09. The molecular formula is C13H19N3O5. The van der Waals surface area contributed by atoms with E-state index in [1.165, 1.54) is 0 Å². The minimum atomic E-state index is -1.28. The van der Waals surface area contributed by atoms with Gasteiger partial charge >= 0.3 is 12.0 Å². The number of amides is 4. The molecule has 0 radical (unpaired) electrons. The minimum absolute atomic E-state index is 0.0212. The van der Waals surface area contributed by atoms with Crippen LogP contribution in [-0.2, 0) is 14.4 Å². The Bertz CT molecular complexity index is 441. The molecule has 1 rings (SSSR count). The number of piperidine rings is 1. The Hall–Kier alpha value is -2.38. The van der Waals surface area contributed by atoms with E-state index in [9.17, 15) is 19.2 Å². The average molecular weight is 297 g/mol. The lowest BCUT2D eigenvalue weighted by molar-refractivity contribution is -0.132. The second kappa shape index (κ2) is 8.72. The first-order valence-corrected chi connectivity index (χ1v) is 6.76. The minimum Gasteiger partial charge on any atom is -0.478 e. The molecule has 1 aliphatic rings. The summed E-state index contributed by atoms with van der Waals surface area (Å²) < 4.78 is 0. The summed E-state index contributed by atoms with van der Waals surface area (Å²) in [7, 11) is 0. The zero-order valence-corrected chi connectivity index (χ0v) is 11.6. The molecule has 4 amide bonds. The van der Waals surface area contributed by atoms with Gasteiger partial charge < -0.3 is 15.3 Å². The molecule has 1 fully saturated rings. The molecule has 21 heavy (non-hydrogen) atoms. The topological polar surface area (TPSA) is 116 Å². The van der Waals surface area contributed by atoms with Crippen LogP contribution in [0.1, 0.15) is 25.7 Å². The van der Waals surface area contributed by atoms with Gasteiger partial charge in [0.2, 0.25) is 5.91 Å². The van der Waals surface area contributed by atoms with Crippen LogP contribution in [0.5, 0.6) is 0 Å². The van der Waals surface area contributed by atoms with Crippen molar-refractivity contribution < 1.29 is 24.3 Å². The number of carboxylic acids is 1. The number of imide groups is 1. The van der Waals surface area contributed by atoms with Crippen molar-refractivity contribution in [1.29, 1.82) is 0 Å². The molecule has 0 aromatic carbocycles. The highest BCUT2D eigenvalue weighted by atomic mass is 16.4. The van der Waals surface area contributed by atoms with Gasteiger partial charge in [0.1, 0.15) is 0 Å². The van der Waals surface area contributed by atoms with Crippen LogP contribution in [0.15, 0.2) is 12.2 Å². The Morgan fingerprint density at radius 3 is 2.33 bits per heavy atom. The Balaban J connectivity index is 2.19. The normalized spacial score (nSPS) is 14.8. The lowest BCUT2D eigenvalue weighted by Gasteiger charge is -2.26. The Morgan fingerprint density at radius 1 is 1.05 bits per heavy atom. The molecule has 116 valence electrons. The van der Waals surface area contributed by atoms with Gasteiger partial charge in [0.05, 0.1) is 0 Å². The average Bonchev–Trinajstić information content (AvgIpc) is 2.46. The molecule has 0 saturated carbocycles. The number of aliphatic carboxylic acids is 1. The van der Waals surface area contributed by atoms with E-state index in [4.69, 9.17) is 5.11 Å². The van der Waals surface area contributed by atoms with Crippen molar-refractivity contribution in [3.05, 3.63) is 12.2 Å². The van der Waals surface area contributed by atoms with Crippen LogP contribution in [-0.4, -0.2) is 53.5 Å². The smallest absolute Gasteiger partial charge is 0.328 e. The van der Waals surface area contributed by atoms with Crippen molar-refractivity contribution >= 4 is 23.8 Å². The highest BCUT2D eigenvalue weighted by Gasteiger charge is 2.16. The summed E-state index contributed by atoms with van der Waals surface area (Å²) in [5.74, 6) is -2.14. The summed E-state index contributed by atoms with van der Waals surface area (Å²) in [6.45, 7) is 1.63. The standard InChI is InChI=1S/C13H19N3O5/c17-10(4-5-12(19)20)15-13(21)14-7-6-11(18)16-8-2-1-3-9-16/h4-5H,1-3,6-9H2,(H,19,20)(H2,14,15,17,21)/b5-4+. The van der Waals surface area contributed by atoms with Crippen molar-refractivity contribution in [2.75, 3.05) is 19.6 Å². The number of urea groups is 1. The summed E-state index contributed by atoms with van der Waals surface area (Å²) in [4.78, 5) is 46.1. The van der Waals surface area contributed by atoms with Gasteiger partial charge in [-0.1, -0.05) is 0 Å². The second-order valence-corrected chi connectivity index (χ2v) is 4.61. The van der Waals surface area contributed by atoms with Gasteiger partial charge in [-0.3, -0.25) is 14.9 Å². The van der Waals surface area contributed by atoms with E-state index in [0.717, 1.165) is 38.4 Å². The zero-order valence-electron chi connectivity index (χ0n) is 11.6. The van der Waals surface area contributed by atoms with Crippen molar-refractivity contribution in [3.8, 4) is 0 Å². The lowest BCUT2D eigenvalue weighted by atomic mass is 10.1. The van der Waals surface area contributed by atoms with Gasteiger partial charge in [0, 0.05) is 38.2 Å². The third-order valence-corrected chi connectivity index (χ3v) is 2.95. The molecule has 0 atom stereocenters. The van der Waals surface area contributed by atoms with E-state index in [1.54, 1.807) is 4.90 Å². The van der Waals surface area contributed by atoms with Crippen LogP contribution < -0.4 is 10.6 Å². The number of carbonyl (C=O) groups excluding carboxylic acids is 3. The summed E-state index contributed by atoms with van der Waals surface area (Å²) in [6.07, 6.45) is 4.68. The predicted molar refractivity (Wildman–Crippen MR) is 73.4 cm³/mol. The summed E-state index contributed by atoms with van der Waals surface area (Å²) >= 11 is 0. The second-order valence-electron chi connectivity index (χ2n) is 4.61. The Kier molecular flexibility index (Phi) is 6.93. The molecule has 1 saturated heterocycles. The van der Waals surface area contributed by atoms with E-state index in [0.29, 0.717) is 6.08 Å². The molecule has 3 N–H and O–H groups in total. The van der Waals surface area contributed by atoms with Crippen LogP contribution in [0.4, 0.5) is 4.79 Å². The first-order valence-electron chi connectivity index (χ1n) is 6.76. The molecule has 8 nitrogen and oxygen atoms in total. The molecule has 0 bridgehead atoms. The number of likely N-dealkylation sites (tertiary alicyclic amines) is 1. The van der Waals surface area contributed by atoms with Gasteiger partial charge in [-0.05, 0) is 19.3 Å². The number of carbonyl (C=O) groups is 4. The lowest BCUT2D eigenvalue weighted by Crippen LogP contribution is -2.41. The van der Waals surface area contributed by atoms with Crippen molar-refractivity contribution in [1.82, 2.24) is 15.5 Å². The fourth-order valence-corrected chi connectivity index (χ4v) is 1.93. The van der Waals surface area contributed by atoms with Gasteiger partial charge in [0.25, 0.3) is 5.91 Å². The van der Waals surface area contributed by atoms with Crippen molar-refractivity contribution in [2.24, 2.45) is 0 Å². The number of nitrogens with zero attached hydrogens (tertiary/aromatic N) is 1. The summed E-state index contributed by atoms with van der Waals surface area (Å²) in [5, 5.41) is 12.6. The number of nitrogens with one attached hydrogen (secondary N) is 2. The number of rotatable bonds is 5. The van der Waals surface area contributed by atoms with Crippen LogP contribution in [0.2, 0.25) is 0 Å². The van der Waals surface area contributed by atoms with Crippen molar-refractivity contribution in [2.45, 2.75) is 25.7 Å². The fourth-order valence-electron chi connectivity index (χ4n) is 1.93. The maximum Gasteiger partial charge on any atom is 0.328 e. The largest absolute Gasteiger partial charge is 0.478 e. The highest BCUT2D eigenvalue weighted by Crippen LogP contribution is 2.09. The van der Waals surface area contributed by atoms with Gasteiger partial charge in [-0.2, -0.15) is 0 Å². The molecular weight excluding hydrogens is 278 g/mol. The first kappa shape index (κ1) is 16.7. The van der Waals surface area contributed by atoms with Crippen LogP contribution in [0.25, 0.3) is 0 Å². The fraction of sp³-hybridized carbons (Fsp3) is 0.538. The van der Waals surface area contributed by atoms with E-state index in [2.05, 4.69) is 5.32 Å². The number of hydrogen-bond acceptors (Lipinski definition) is 4. The van der Waals surface area contributed by atoms with E-state index < -0.39 is 17.9 Å². The predicted octanol–water partition coefficient (Wildman–Crippen LogP) is -0.144. The van der Waals surface area contributed by atoms with E-state index >= 15 is 0 Å². The van der Waals surface area contributed by atoms with Crippen LogP contribution in [0.3, 0.4) is 0 Å². The van der Waals surface area contributed by atoms with Gasteiger partial charge in [-0.15, -0.1) is 0 Å². The Labute approximate surface area is 122 Å². The first-order chi connectivity index (χ1) is 9.99. The molecule has 0 aliphatic carbocycles. The van der Waals surface area contributed by atoms with Crippen molar-refractivity contribution in [3.63, 3.8) is 0 Å². The SMILES string of the molecule is O=C(O)/C=C/C(=O)NC(=O)NCCC(=O)N1CCCCC1. The quantitative estimate of drug-likeness (QED) is 0.611. The number of hydrogen-bond donors (Lipinski definition) is 3. The van der Waals surface area contributed by atoms with E-state index in [1.807, 2.05) is 5.32 Å². The zero-order chi connectivity index (χ0) is 15.7. The monoisotopic (exact) mass is 297 g/mol. The van der Waals surface area contributed by atoms with Crippen LogP contribution in [0, 0.1) is 0 Å². The summed E-state index contributed by atoms with van der Waals surface area (Å²) in [5.41, 5.74) is 0. The third-order valence-electron chi connectivity index (χ3n) is 2.95. The molecule has 0 aromatic heterocycles. The van der Waals surface area contributed by atoms with E-state index in [-0.39, 0.29) is 18.9 Å². The molecule has 8 heteroatoms. The maximum absolute atomic E-state index is 11.8. The Morgan fingerprint density at radius 2 is 1.71 bits per heavy atom. The summed E-state index contributed by atoms with van der Waals surface area (Å²) in [6, 6.07) is -0.763. The molecule has 0 unspecified atom stereocenters.